The Morgan fingerprint density at radius 3 is 2.67 bits per heavy atom. The van der Waals surface area contributed by atoms with Crippen LogP contribution in [0, 0.1) is 30.4 Å². The molecule has 1 aromatic rings. The Balaban J connectivity index is 2.31. The van der Waals surface area contributed by atoms with Crippen molar-refractivity contribution >= 4 is 5.78 Å². The van der Waals surface area contributed by atoms with Crippen molar-refractivity contribution in [1.29, 1.82) is 0 Å². The van der Waals surface area contributed by atoms with Crippen molar-refractivity contribution in [1.82, 2.24) is 0 Å². The lowest BCUT2D eigenvalue weighted by Crippen LogP contribution is -2.23. The van der Waals surface area contributed by atoms with Crippen molar-refractivity contribution in [2.45, 2.75) is 39.5 Å². The lowest BCUT2D eigenvalue weighted by molar-refractivity contribution is 0.0859. The second-order valence-electron chi connectivity index (χ2n) is 5.39. The highest BCUT2D eigenvalue weighted by molar-refractivity contribution is 5.98. The second-order valence-corrected chi connectivity index (χ2v) is 5.39. The molecule has 0 aliphatic heterocycles. The molecule has 0 N–H and O–H groups in total. The fourth-order valence-corrected chi connectivity index (χ4v) is 2.76. The predicted molar refractivity (Wildman–Crippen MR) is 66.5 cm³/mol. The van der Waals surface area contributed by atoms with Gasteiger partial charge in [0, 0.05) is 5.92 Å². The van der Waals surface area contributed by atoms with Crippen molar-refractivity contribution < 1.29 is 13.6 Å². The van der Waals surface area contributed by atoms with Gasteiger partial charge in [-0.25, -0.2) is 8.78 Å². The third-order valence-electron chi connectivity index (χ3n) is 3.84. The van der Waals surface area contributed by atoms with Gasteiger partial charge in [0.2, 0.25) is 0 Å². The summed E-state index contributed by atoms with van der Waals surface area (Å²) in [4.78, 5) is 12.3. The van der Waals surface area contributed by atoms with Gasteiger partial charge in [-0.05, 0) is 37.3 Å². The van der Waals surface area contributed by atoms with E-state index in [9.17, 15) is 13.6 Å². The number of carbonyl (C=O) groups excluding carboxylic acids is 1. The minimum atomic E-state index is -0.735. The van der Waals surface area contributed by atoms with E-state index in [0.717, 1.165) is 25.7 Å². The standard InChI is InChI=1S/C15H18F2O/c1-9-4-3-5-11(8-9)15(18)13-12(16)7-6-10(2)14(13)17/h6-7,9,11H,3-5,8H2,1-2H3. The van der Waals surface area contributed by atoms with Crippen LogP contribution in [0.1, 0.15) is 48.5 Å². The number of halogens is 2. The van der Waals surface area contributed by atoms with E-state index in [-0.39, 0.29) is 17.3 Å². The van der Waals surface area contributed by atoms with Crippen molar-refractivity contribution in [2.75, 3.05) is 0 Å². The van der Waals surface area contributed by atoms with E-state index in [1.165, 1.54) is 12.1 Å². The van der Waals surface area contributed by atoms with Gasteiger partial charge in [0.15, 0.2) is 5.78 Å². The molecule has 1 aromatic carbocycles. The first-order valence-electron chi connectivity index (χ1n) is 6.49. The summed E-state index contributed by atoms with van der Waals surface area (Å²) >= 11 is 0. The molecule has 1 saturated carbocycles. The van der Waals surface area contributed by atoms with Gasteiger partial charge in [0.1, 0.15) is 11.6 Å². The van der Waals surface area contributed by atoms with Gasteiger partial charge in [-0.2, -0.15) is 0 Å². The molecule has 0 saturated heterocycles. The average molecular weight is 252 g/mol. The van der Waals surface area contributed by atoms with Crippen molar-refractivity contribution in [3.05, 3.63) is 34.9 Å². The molecule has 0 aromatic heterocycles. The molecule has 98 valence electrons. The van der Waals surface area contributed by atoms with Crippen molar-refractivity contribution in [3.63, 3.8) is 0 Å². The summed E-state index contributed by atoms with van der Waals surface area (Å²) in [6, 6.07) is 2.54. The summed E-state index contributed by atoms with van der Waals surface area (Å²) in [5.41, 5.74) is -0.0160. The first kappa shape index (κ1) is 13.2. The summed E-state index contributed by atoms with van der Waals surface area (Å²) in [5.74, 6) is -1.55. The van der Waals surface area contributed by atoms with E-state index in [4.69, 9.17) is 0 Å². The second kappa shape index (κ2) is 5.17. The Kier molecular flexibility index (Phi) is 3.79. The van der Waals surface area contributed by atoms with Crippen LogP contribution in [0.25, 0.3) is 0 Å². The lowest BCUT2D eigenvalue weighted by atomic mass is 9.78. The van der Waals surface area contributed by atoms with Gasteiger partial charge in [-0.3, -0.25) is 4.79 Å². The maximum atomic E-state index is 13.9. The van der Waals surface area contributed by atoms with E-state index in [1.54, 1.807) is 6.92 Å². The van der Waals surface area contributed by atoms with E-state index >= 15 is 0 Å². The molecule has 2 unspecified atom stereocenters. The molecule has 3 heteroatoms. The fourth-order valence-electron chi connectivity index (χ4n) is 2.76. The van der Waals surface area contributed by atoms with Crippen LogP contribution in [0.4, 0.5) is 8.78 Å². The van der Waals surface area contributed by atoms with E-state index in [2.05, 4.69) is 6.92 Å². The van der Waals surface area contributed by atoms with E-state index in [0.29, 0.717) is 11.5 Å². The lowest BCUT2D eigenvalue weighted by Gasteiger charge is -2.25. The predicted octanol–water partition coefficient (Wildman–Crippen LogP) is 4.28. The third-order valence-corrected chi connectivity index (χ3v) is 3.84. The topological polar surface area (TPSA) is 17.1 Å². The van der Waals surface area contributed by atoms with Crippen LogP contribution in [0.2, 0.25) is 0 Å². The fraction of sp³-hybridized carbons (Fsp3) is 0.533. The van der Waals surface area contributed by atoms with Gasteiger partial charge in [0.25, 0.3) is 0 Å². The van der Waals surface area contributed by atoms with Crippen LogP contribution < -0.4 is 0 Å². The zero-order valence-electron chi connectivity index (χ0n) is 10.8. The van der Waals surface area contributed by atoms with Gasteiger partial charge in [0.05, 0.1) is 5.56 Å². The molecule has 1 aliphatic rings. The van der Waals surface area contributed by atoms with Gasteiger partial charge in [-0.1, -0.05) is 25.8 Å². The Labute approximate surface area is 106 Å². The summed E-state index contributed by atoms with van der Waals surface area (Å²) in [6.45, 7) is 3.64. The number of Topliss-reactive ketones (excluding diaryl/α,β-unsaturated/α-hetero) is 1. The minimum absolute atomic E-state index is 0.223. The quantitative estimate of drug-likeness (QED) is 0.718. The highest BCUT2D eigenvalue weighted by Crippen LogP contribution is 2.32. The van der Waals surface area contributed by atoms with Crippen LogP contribution in [0.3, 0.4) is 0 Å². The molecule has 0 amide bonds. The highest BCUT2D eigenvalue weighted by atomic mass is 19.1. The number of hydrogen-bond acceptors (Lipinski definition) is 1. The Morgan fingerprint density at radius 1 is 1.28 bits per heavy atom. The Hall–Kier alpha value is -1.25. The number of rotatable bonds is 2. The largest absolute Gasteiger partial charge is 0.294 e. The molecule has 0 spiro atoms. The van der Waals surface area contributed by atoms with Crippen LogP contribution in [-0.4, -0.2) is 5.78 Å². The first-order chi connectivity index (χ1) is 8.50. The molecule has 2 atom stereocenters. The number of aryl methyl sites for hydroxylation is 1. The first-order valence-corrected chi connectivity index (χ1v) is 6.49. The monoisotopic (exact) mass is 252 g/mol. The summed E-state index contributed by atoms with van der Waals surface area (Å²) < 4.78 is 27.6. The Bertz CT molecular complexity index is 468. The van der Waals surface area contributed by atoms with Gasteiger partial charge in [-0.15, -0.1) is 0 Å². The van der Waals surface area contributed by atoms with Crippen LogP contribution in [-0.2, 0) is 0 Å². The van der Waals surface area contributed by atoms with Crippen LogP contribution in [0.5, 0.6) is 0 Å². The molecule has 1 aliphatic carbocycles. The van der Waals surface area contributed by atoms with Crippen molar-refractivity contribution in [3.8, 4) is 0 Å². The summed E-state index contributed by atoms with van der Waals surface area (Å²) in [7, 11) is 0. The zero-order chi connectivity index (χ0) is 13.3. The number of carbonyl (C=O) groups is 1. The van der Waals surface area contributed by atoms with E-state index in [1.807, 2.05) is 0 Å². The minimum Gasteiger partial charge on any atom is -0.294 e. The maximum absolute atomic E-state index is 13.9. The summed E-state index contributed by atoms with van der Waals surface area (Å²) in [6.07, 6.45) is 3.55. The van der Waals surface area contributed by atoms with Crippen LogP contribution >= 0.6 is 0 Å². The highest BCUT2D eigenvalue weighted by Gasteiger charge is 2.29. The molecular formula is C15H18F2O. The van der Waals surface area contributed by atoms with E-state index < -0.39 is 11.6 Å². The van der Waals surface area contributed by atoms with Gasteiger partial charge < -0.3 is 0 Å². The van der Waals surface area contributed by atoms with Gasteiger partial charge >= 0.3 is 0 Å². The third kappa shape index (κ3) is 2.45. The molecule has 2 rings (SSSR count). The molecule has 0 radical (unpaired) electrons. The number of hydrogen-bond donors (Lipinski definition) is 0. The maximum Gasteiger partial charge on any atom is 0.171 e. The molecule has 0 bridgehead atoms. The average Bonchev–Trinajstić information content (AvgIpc) is 2.34. The Morgan fingerprint density at radius 2 is 2.00 bits per heavy atom. The normalized spacial score (nSPS) is 24.0. The molecular weight excluding hydrogens is 234 g/mol. The smallest absolute Gasteiger partial charge is 0.171 e. The molecule has 18 heavy (non-hydrogen) atoms. The number of benzene rings is 1. The number of ketones is 1. The summed E-state index contributed by atoms with van der Waals surface area (Å²) in [5, 5.41) is 0. The molecule has 0 heterocycles. The zero-order valence-corrected chi connectivity index (χ0v) is 10.8. The molecule has 1 fully saturated rings. The van der Waals surface area contributed by atoms with Crippen molar-refractivity contribution in [2.24, 2.45) is 11.8 Å². The SMILES string of the molecule is Cc1ccc(F)c(C(=O)C2CCCC(C)C2)c1F. The molecule has 1 nitrogen and oxygen atoms in total. The van der Waals surface area contributed by atoms with Crippen LogP contribution in [0.15, 0.2) is 12.1 Å².